The Morgan fingerprint density at radius 1 is 1.05 bits per heavy atom. The van der Waals surface area contributed by atoms with E-state index < -0.39 is 23.9 Å². The van der Waals surface area contributed by atoms with Gasteiger partial charge in [-0.25, -0.2) is 22.8 Å². The van der Waals surface area contributed by atoms with Crippen molar-refractivity contribution in [3.63, 3.8) is 0 Å². The summed E-state index contributed by atoms with van der Waals surface area (Å²) in [7, 11) is 1.74. The number of hydrogen-bond donors (Lipinski definition) is 3. The molecule has 0 saturated carbocycles. The fourth-order valence-electron chi connectivity index (χ4n) is 4.48. The number of halogens is 3. The number of thiazole rings is 1. The minimum absolute atomic E-state index is 0.100. The number of nitrogens with zero attached hydrogens (tertiary/aromatic N) is 2. The molecule has 0 spiro atoms. The first-order chi connectivity index (χ1) is 19.7. The van der Waals surface area contributed by atoms with E-state index in [9.17, 15) is 18.4 Å². The Balaban J connectivity index is 1.36. The van der Waals surface area contributed by atoms with Gasteiger partial charge in [0.05, 0.1) is 27.7 Å². The van der Waals surface area contributed by atoms with Gasteiger partial charge >= 0.3 is 0 Å². The highest BCUT2D eigenvalue weighted by Crippen LogP contribution is 2.36. The summed E-state index contributed by atoms with van der Waals surface area (Å²) in [4.78, 5) is 32.2. The maximum absolute atomic E-state index is 14.5. The third-order valence-electron chi connectivity index (χ3n) is 6.66. The molecule has 12 heteroatoms. The van der Waals surface area contributed by atoms with Crippen molar-refractivity contribution in [1.29, 1.82) is 0 Å². The number of carbonyl (C=O) groups excluding carboxylic acids is 2. The van der Waals surface area contributed by atoms with Crippen molar-refractivity contribution in [3.8, 4) is 10.6 Å². The van der Waals surface area contributed by atoms with Gasteiger partial charge < -0.3 is 10.6 Å². The van der Waals surface area contributed by atoms with Crippen molar-refractivity contribution in [3.05, 3.63) is 106 Å². The van der Waals surface area contributed by atoms with E-state index in [0.29, 0.717) is 22.0 Å². The van der Waals surface area contributed by atoms with Crippen LogP contribution in [0.4, 0.5) is 14.5 Å². The predicted molar refractivity (Wildman–Crippen MR) is 159 cm³/mol. The monoisotopic (exact) mass is 613 g/mol. The summed E-state index contributed by atoms with van der Waals surface area (Å²) in [6, 6.07) is 18.0. The van der Waals surface area contributed by atoms with E-state index in [1.165, 1.54) is 35.6 Å². The van der Waals surface area contributed by atoms with Gasteiger partial charge in [-0.1, -0.05) is 54.1 Å². The minimum Gasteiger partial charge on any atom is -0.343 e. The Bertz CT molecular complexity index is 1570. The zero-order chi connectivity index (χ0) is 29.1. The quantitative estimate of drug-likeness (QED) is 0.218. The van der Waals surface area contributed by atoms with Gasteiger partial charge in [0, 0.05) is 23.4 Å². The normalized spacial score (nSPS) is 18.1. The lowest BCUT2D eigenvalue weighted by Crippen LogP contribution is -2.54. The Labute approximate surface area is 249 Å². The Morgan fingerprint density at radius 2 is 1.78 bits per heavy atom. The molecule has 3 aromatic carbocycles. The average Bonchev–Trinajstić information content (AvgIpc) is 3.35. The molecule has 1 aliphatic heterocycles. The molecule has 1 fully saturated rings. The third kappa shape index (κ3) is 6.60. The van der Waals surface area contributed by atoms with E-state index in [0.717, 1.165) is 22.6 Å². The van der Waals surface area contributed by atoms with Crippen LogP contribution in [-0.4, -0.2) is 40.2 Å². The highest BCUT2D eigenvalue weighted by Gasteiger charge is 2.37. The second kappa shape index (κ2) is 12.7. The number of likely N-dealkylation sites (N-methyl/N-ethyl adjacent to an activating group) is 1. The van der Waals surface area contributed by atoms with Gasteiger partial charge in [-0.3, -0.25) is 9.59 Å². The molecule has 41 heavy (non-hydrogen) atoms. The lowest BCUT2D eigenvalue weighted by molar-refractivity contribution is -0.124. The standard InChI is InChI=1S/C29H26ClF2N5O2S2/c1-16-26(40-29(33-16)19-10-6-7-11-21(19)31)25(17-8-4-3-5-9-17)35-27(38)23-15-24(37(2)41-36-23)28(39)34-18-12-13-22(32)20(30)14-18/h3-14,23-25,36H,15H2,1-2H3,(H,34,39)(H,35,38). The van der Waals surface area contributed by atoms with Gasteiger partial charge in [-0.15, -0.1) is 11.3 Å². The van der Waals surface area contributed by atoms with Crippen molar-refractivity contribution in [2.24, 2.45) is 0 Å². The first-order valence-electron chi connectivity index (χ1n) is 12.7. The van der Waals surface area contributed by atoms with Crippen LogP contribution in [0.15, 0.2) is 72.8 Å². The van der Waals surface area contributed by atoms with E-state index in [1.54, 1.807) is 29.6 Å². The van der Waals surface area contributed by atoms with E-state index >= 15 is 0 Å². The van der Waals surface area contributed by atoms with Crippen LogP contribution in [0, 0.1) is 18.6 Å². The first-order valence-corrected chi connectivity index (χ1v) is 14.7. The van der Waals surface area contributed by atoms with Crippen LogP contribution in [0.2, 0.25) is 5.02 Å². The number of hydrogen-bond acceptors (Lipinski definition) is 7. The summed E-state index contributed by atoms with van der Waals surface area (Å²) in [6.07, 6.45) is 0.180. The molecular weight excluding hydrogens is 588 g/mol. The average molecular weight is 614 g/mol. The second-order valence-corrected chi connectivity index (χ2v) is 11.9. The summed E-state index contributed by atoms with van der Waals surface area (Å²) in [6.45, 7) is 1.84. The third-order valence-corrected chi connectivity index (χ3v) is 9.14. The van der Waals surface area contributed by atoms with Gasteiger partial charge in [0.25, 0.3) is 0 Å². The summed E-state index contributed by atoms with van der Waals surface area (Å²) < 4.78 is 32.9. The van der Waals surface area contributed by atoms with Crippen LogP contribution in [-0.2, 0) is 9.59 Å². The molecular formula is C29H26ClF2N5O2S2. The van der Waals surface area contributed by atoms with E-state index in [1.807, 2.05) is 37.3 Å². The number of benzene rings is 3. The van der Waals surface area contributed by atoms with Crippen molar-refractivity contribution in [2.75, 3.05) is 12.4 Å². The number of aryl methyl sites for hydroxylation is 1. The molecule has 0 radical (unpaired) electrons. The predicted octanol–water partition coefficient (Wildman–Crippen LogP) is 6.12. The molecule has 5 rings (SSSR count). The maximum atomic E-state index is 14.5. The molecule has 2 heterocycles. The molecule has 212 valence electrons. The van der Waals surface area contributed by atoms with Gasteiger partial charge in [0.2, 0.25) is 11.8 Å². The zero-order valence-corrected chi connectivity index (χ0v) is 24.4. The molecule has 3 N–H and O–H groups in total. The topological polar surface area (TPSA) is 86.4 Å². The largest absolute Gasteiger partial charge is 0.343 e. The van der Waals surface area contributed by atoms with Crippen LogP contribution >= 0.6 is 35.1 Å². The van der Waals surface area contributed by atoms with Gasteiger partial charge in [0.1, 0.15) is 22.7 Å². The molecule has 3 atom stereocenters. The number of carbonyl (C=O) groups is 2. The fraction of sp³-hybridized carbons (Fsp3) is 0.207. The highest BCUT2D eigenvalue weighted by molar-refractivity contribution is 7.95. The fourth-order valence-corrected chi connectivity index (χ4v) is 6.64. The molecule has 0 bridgehead atoms. The molecule has 1 aromatic heterocycles. The minimum atomic E-state index is -0.700. The maximum Gasteiger partial charge on any atom is 0.242 e. The molecule has 1 saturated heterocycles. The Morgan fingerprint density at radius 3 is 2.51 bits per heavy atom. The lowest BCUT2D eigenvalue weighted by atomic mass is 10.0. The summed E-state index contributed by atoms with van der Waals surface area (Å²) in [5, 5.41) is 6.30. The molecule has 0 aliphatic carbocycles. The number of rotatable bonds is 7. The van der Waals surface area contributed by atoms with Crippen LogP contribution < -0.4 is 15.4 Å². The molecule has 3 unspecified atom stereocenters. The summed E-state index contributed by atoms with van der Waals surface area (Å²) in [5.74, 6) is -1.61. The van der Waals surface area contributed by atoms with Gasteiger partial charge in [-0.05, 0) is 56.3 Å². The molecule has 7 nitrogen and oxygen atoms in total. The number of amides is 2. The van der Waals surface area contributed by atoms with E-state index in [2.05, 4.69) is 20.3 Å². The molecule has 1 aliphatic rings. The second-order valence-electron chi connectivity index (χ2n) is 9.48. The summed E-state index contributed by atoms with van der Waals surface area (Å²) >= 11 is 8.34. The van der Waals surface area contributed by atoms with Crippen LogP contribution in [0.25, 0.3) is 10.6 Å². The highest BCUT2D eigenvalue weighted by atomic mass is 35.5. The van der Waals surface area contributed by atoms with Crippen molar-refractivity contribution < 1.29 is 18.4 Å². The van der Waals surface area contributed by atoms with Crippen LogP contribution in [0.3, 0.4) is 0 Å². The number of aromatic nitrogens is 1. The van der Waals surface area contributed by atoms with E-state index in [-0.39, 0.29) is 29.1 Å². The van der Waals surface area contributed by atoms with Crippen molar-refractivity contribution >= 4 is 52.6 Å². The summed E-state index contributed by atoms with van der Waals surface area (Å²) in [5.41, 5.74) is 2.28. The Kier molecular flexibility index (Phi) is 9.00. The van der Waals surface area contributed by atoms with Crippen molar-refractivity contribution in [2.45, 2.75) is 31.5 Å². The van der Waals surface area contributed by atoms with Gasteiger partial charge in [0.15, 0.2) is 0 Å². The molecule has 4 aromatic rings. The van der Waals surface area contributed by atoms with Crippen molar-refractivity contribution in [1.82, 2.24) is 19.3 Å². The van der Waals surface area contributed by atoms with Crippen LogP contribution in [0.1, 0.15) is 28.6 Å². The SMILES string of the molecule is Cc1nc(-c2ccccc2F)sc1C(NC(=O)C1CC(C(=O)Nc2ccc(F)c(Cl)c2)N(C)SN1)c1ccccc1. The van der Waals surface area contributed by atoms with E-state index in [4.69, 9.17) is 11.6 Å². The smallest absolute Gasteiger partial charge is 0.242 e. The van der Waals surface area contributed by atoms with Gasteiger partial charge in [-0.2, -0.15) is 0 Å². The number of nitrogens with one attached hydrogen (secondary N) is 3. The van der Waals surface area contributed by atoms with Crippen LogP contribution in [0.5, 0.6) is 0 Å². The first kappa shape index (κ1) is 29.2. The molecule has 2 amide bonds. The lowest BCUT2D eigenvalue weighted by Gasteiger charge is -2.35. The number of anilines is 1. The Hall–Kier alpha value is -3.35. The zero-order valence-electron chi connectivity index (χ0n) is 22.0.